The van der Waals surface area contributed by atoms with Gasteiger partial charge in [0.25, 0.3) is 0 Å². The van der Waals surface area contributed by atoms with Gasteiger partial charge in [-0.1, -0.05) is 117 Å². The number of fused-ring (bicyclic) bond motifs is 7. The molecule has 0 fully saturated rings. The van der Waals surface area contributed by atoms with E-state index in [1.54, 1.807) is 0 Å². The van der Waals surface area contributed by atoms with Crippen LogP contribution >= 0.6 is 0 Å². The van der Waals surface area contributed by atoms with Crippen molar-refractivity contribution in [2.45, 2.75) is 78.6 Å². The van der Waals surface area contributed by atoms with Gasteiger partial charge in [0.1, 0.15) is 35.2 Å². The minimum Gasteiger partial charge on any atom is -0.457 e. The molecule has 4 heterocycles. The topological polar surface area (TPSA) is 46.7 Å². The van der Waals surface area contributed by atoms with Crippen molar-refractivity contribution in [3.05, 3.63) is 180 Å². The van der Waals surface area contributed by atoms with Crippen molar-refractivity contribution in [3.8, 4) is 28.4 Å². The summed E-state index contributed by atoms with van der Waals surface area (Å²) in [6.07, 6.45) is 1.82. The fourth-order valence-electron chi connectivity index (χ4n) is 9.06. The molecule has 66 heavy (non-hydrogen) atoms. The molecule has 1 aliphatic heterocycles. The molecule has 0 unspecified atom stereocenters. The molecule has 0 spiro atoms. The maximum Gasteiger partial charge on any atom is 0.137 e. The predicted octanol–water partition coefficient (Wildman–Crippen LogP) is 16.7. The lowest BCUT2D eigenvalue weighted by Gasteiger charge is -2.29. The Morgan fingerprint density at radius 1 is 0.530 bits per heavy atom. The molecule has 7 aromatic carbocycles. The van der Waals surface area contributed by atoms with Crippen LogP contribution in [0.3, 0.4) is 0 Å². The molecule has 0 saturated carbocycles. The van der Waals surface area contributed by atoms with E-state index in [0.717, 1.165) is 50.1 Å². The largest absolute Gasteiger partial charge is 0.457 e. The van der Waals surface area contributed by atoms with Crippen molar-refractivity contribution in [2.24, 2.45) is 0 Å². The molecule has 0 N–H and O–H groups in total. The number of furan rings is 1. The van der Waals surface area contributed by atoms with Crippen LogP contribution in [0.2, 0.25) is 0 Å². The van der Waals surface area contributed by atoms with Crippen LogP contribution in [0.1, 0.15) is 88.6 Å². The van der Waals surface area contributed by atoms with Crippen molar-refractivity contribution in [3.63, 3.8) is 0 Å². The van der Waals surface area contributed by atoms with E-state index in [1.165, 1.54) is 11.1 Å². The highest BCUT2D eigenvalue weighted by Crippen LogP contribution is 2.47. The van der Waals surface area contributed by atoms with Gasteiger partial charge in [-0.2, -0.15) is 0 Å². The zero-order chi connectivity index (χ0) is 51.8. The molecule has 0 bridgehead atoms. The lowest BCUT2D eigenvalue weighted by molar-refractivity contribution is 0.483. The Labute approximate surface area is 397 Å². The smallest absolute Gasteiger partial charge is 0.137 e. The highest BCUT2D eigenvalue weighted by molar-refractivity contribution is 6.11. The Bertz CT molecular complexity index is 3900. The van der Waals surface area contributed by atoms with Crippen LogP contribution in [0.5, 0.6) is 11.5 Å². The van der Waals surface area contributed by atoms with E-state index in [9.17, 15) is 2.74 Å². The molecule has 0 amide bonds. The third-order valence-electron chi connectivity index (χ3n) is 12.8. The fraction of sp³-hybridized carbons (Fsp3) is 0.217. The number of aromatic nitrogens is 2. The number of hydrogen-bond donors (Lipinski definition) is 0. The maximum atomic E-state index is 9.49. The van der Waals surface area contributed by atoms with Gasteiger partial charge in [-0.3, -0.25) is 4.57 Å². The number of benzene rings is 7. The summed E-state index contributed by atoms with van der Waals surface area (Å²) in [5.74, 6) is 1.98. The Balaban J connectivity index is 1.01. The predicted molar refractivity (Wildman–Crippen MR) is 276 cm³/mol. The van der Waals surface area contributed by atoms with E-state index in [1.807, 2.05) is 60.8 Å². The first-order valence-corrected chi connectivity index (χ1v) is 22.6. The number of pyridine rings is 1. The van der Waals surface area contributed by atoms with Gasteiger partial charge in [0.2, 0.25) is 0 Å². The molecule has 6 nitrogen and oxygen atoms in total. The minimum atomic E-state index is -0.472. The number of rotatable bonds is 6. The summed E-state index contributed by atoms with van der Waals surface area (Å²) in [6, 6.07) is 37.1. The van der Waals surface area contributed by atoms with Crippen LogP contribution in [0, 0.1) is 0 Å². The van der Waals surface area contributed by atoms with Crippen molar-refractivity contribution >= 4 is 66.5 Å². The summed E-state index contributed by atoms with van der Waals surface area (Å²) in [5.41, 5.74) is 9.89. The molecule has 6 heteroatoms. The van der Waals surface area contributed by atoms with Crippen LogP contribution in [0.15, 0.2) is 168 Å². The van der Waals surface area contributed by atoms with E-state index >= 15 is 0 Å². The van der Waals surface area contributed by atoms with Gasteiger partial charge in [0.15, 0.2) is 0 Å². The van der Waals surface area contributed by atoms with Crippen molar-refractivity contribution < 1.29 is 18.7 Å². The summed E-state index contributed by atoms with van der Waals surface area (Å²) < 4.78 is 76.3. The molecule has 1 aliphatic rings. The van der Waals surface area contributed by atoms with Gasteiger partial charge in [0.05, 0.1) is 32.0 Å². The highest BCUT2D eigenvalue weighted by Gasteiger charge is 2.30. The molecular weight excluding hydrogens is 809 g/mol. The molecule has 0 radical (unpaired) electrons. The number of ether oxygens (including phenoxy) is 1. The molecule has 0 aliphatic carbocycles. The Morgan fingerprint density at radius 3 is 1.97 bits per heavy atom. The van der Waals surface area contributed by atoms with Gasteiger partial charge in [-0.25, -0.2) is 4.98 Å². The second kappa shape index (κ2) is 15.1. The normalized spacial score (nSPS) is 14.9. The van der Waals surface area contributed by atoms with Crippen LogP contribution < -0.4 is 14.5 Å². The van der Waals surface area contributed by atoms with Gasteiger partial charge in [0, 0.05) is 51.2 Å². The first kappa shape index (κ1) is 34.1. The van der Waals surface area contributed by atoms with E-state index in [4.69, 9.17) is 21.0 Å². The highest BCUT2D eigenvalue weighted by atomic mass is 16.5. The number of para-hydroxylation sites is 3. The lowest BCUT2D eigenvalue weighted by atomic mass is 9.80. The molecular formula is C60H56N4O2. The monoisotopic (exact) mass is 871 g/mol. The summed E-state index contributed by atoms with van der Waals surface area (Å²) in [5, 5.41) is 1.77. The number of nitrogens with zero attached hydrogens (tertiary/aromatic N) is 4. The molecule has 10 aromatic rings. The maximum absolute atomic E-state index is 9.49. The van der Waals surface area contributed by atoms with E-state index in [2.05, 4.69) is 137 Å². The average molecular weight is 872 g/mol. The average Bonchev–Trinajstić information content (AvgIpc) is 4.04. The number of hydrogen-bond acceptors (Lipinski definition) is 5. The SMILES string of the molecule is [2H]c1c([2H])c([2H])c2c(oc3c([2H])c([2H])c(-c4ccc5c(c4)c4ccc(Oc6cccc(N7CN(c8cc(C(C)(C)C)cc(C(C)(C)C)c8)c8ccccc87)c6)cc4n5-c4cc(C(C)(C)C)ccn4)c([2H])c32)c1[2H]. The molecule has 0 atom stereocenters. The minimum absolute atomic E-state index is 0.0186. The Hall–Kier alpha value is -7.31. The van der Waals surface area contributed by atoms with Crippen LogP contribution in [0.25, 0.3) is 60.7 Å². The molecule has 0 saturated heterocycles. The summed E-state index contributed by atoms with van der Waals surface area (Å²) in [6.45, 7) is 20.7. The van der Waals surface area contributed by atoms with Gasteiger partial charge in [-0.15, -0.1) is 0 Å². The zero-order valence-corrected chi connectivity index (χ0v) is 38.9. The molecule has 328 valence electrons. The van der Waals surface area contributed by atoms with Crippen molar-refractivity contribution in [1.29, 1.82) is 0 Å². The molecule has 11 rings (SSSR count). The van der Waals surface area contributed by atoms with Gasteiger partial charge >= 0.3 is 0 Å². The third kappa shape index (κ3) is 7.25. The summed E-state index contributed by atoms with van der Waals surface area (Å²) in [7, 11) is 0. The fourth-order valence-corrected chi connectivity index (χ4v) is 9.06. The second-order valence-corrected chi connectivity index (χ2v) is 20.5. The zero-order valence-electron chi connectivity index (χ0n) is 45.9. The van der Waals surface area contributed by atoms with Crippen molar-refractivity contribution in [2.75, 3.05) is 16.5 Å². The summed E-state index contributed by atoms with van der Waals surface area (Å²) >= 11 is 0. The standard InChI is InChI=1S/C60H56N4O2/c1-58(2,3)40-27-28-61-57(34-40)64-51-25-21-38(39-22-26-56-50(30-39)48-17-10-13-20-55(48)66-56)29-49(51)47-24-23-46(36-54(47)64)65-45-16-14-15-43(35-45)62-37-63(53-19-12-11-18-52(53)62)44-32-41(59(4,5)6)31-42(33-44)60(7,8)9/h10-36H,37H2,1-9H3/i10D,13D,17D,20D,22D,26D,30D. The van der Waals surface area contributed by atoms with Gasteiger partial charge < -0.3 is 19.0 Å². The van der Waals surface area contributed by atoms with Gasteiger partial charge in [-0.05, 0) is 135 Å². The Kier molecular flexibility index (Phi) is 7.82. The second-order valence-electron chi connectivity index (χ2n) is 20.5. The van der Waals surface area contributed by atoms with E-state index in [0.29, 0.717) is 29.5 Å². The van der Waals surface area contributed by atoms with Crippen LogP contribution in [0.4, 0.5) is 22.7 Å². The van der Waals surface area contributed by atoms with Crippen LogP contribution in [-0.2, 0) is 16.2 Å². The third-order valence-corrected chi connectivity index (χ3v) is 12.8. The summed E-state index contributed by atoms with van der Waals surface area (Å²) in [4.78, 5) is 9.63. The van der Waals surface area contributed by atoms with Crippen molar-refractivity contribution in [1.82, 2.24) is 9.55 Å². The van der Waals surface area contributed by atoms with E-state index < -0.39 is 18.1 Å². The van der Waals surface area contributed by atoms with E-state index in [-0.39, 0.29) is 67.9 Å². The molecule has 3 aromatic heterocycles. The number of anilines is 4. The quantitative estimate of drug-likeness (QED) is 0.167. The first-order chi connectivity index (χ1) is 34.5. The van der Waals surface area contributed by atoms with Crippen LogP contribution in [-0.4, -0.2) is 16.2 Å². The lowest BCUT2D eigenvalue weighted by Crippen LogP contribution is -2.25. The Morgan fingerprint density at radius 2 is 1.23 bits per heavy atom. The first-order valence-electron chi connectivity index (χ1n) is 26.1.